The molecule has 3 aromatic rings. The highest BCUT2D eigenvalue weighted by Gasteiger charge is 2.35. The summed E-state index contributed by atoms with van der Waals surface area (Å²) < 4.78 is 10.8. The minimum absolute atomic E-state index is 0.129. The summed E-state index contributed by atoms with van der Waals surface area (Å²) in [5.41, 5.74) is 2.98. The van der Waals surface area contributed by atoms with Gasteiger partial charge in [0.25, 0.3) is 11.8 Å². The summed E-state index contributed by atoms with van der Waals surface area (Å²) in [5.74, 6) is -1.39. The molecule has 1 aliphatic rings. The van der Waals surface area contributed by atoms with Crippen LogP contribution in [0.25, 0.3) is 11.0 Å². The molecule has 2 heterocycles. The molecular weight excluding hydrogens is 410 g/mol. The van der Waals surface area contributed by atoms with E-state index in [4.69, 9.17) is 9.15 Å². The molecule has 164 valence electrons. The van der Waals surface area contributed by atoms with Gasteiger partial charge in [-0.3, -0.25) is 14.5 Å². The lowest BCUT2D eigenvalue weighted by atomic mass is 10.0. The number of hydrogen-bond acceptors (Lipinski definition) is 6. The first-order valence-electron chi connectivity index (χ1n) is 10.5. The molecule has 1 aliphatic heterocycles. The minimum atomic E-state index is -0.648. The van der Waals surface area contributed by atoms with Crippen LogP contribution in [-0.2, 0) is 11.3 Å². The molecule has 32 heavy (non-hydrogen) atoms. The Labute approximate surface area is 184 Å². The first kappa shape index (κ1) is 21.5. The topological polar surface area (TPSA) is 93.9 Å². The number of fused-ring (bicyclic) bond motifs is 2. The fourth-order valence-corrected chi connectivity index (χ4v) is 3.81. The number of esters is 1. The number of hydrogen-bond donors (Lipinski definition) is 0. The van der Waals surface area contributed by atoms with Crippen molar-refractivity contribution in [3.05, 3.63) is 80.2 Å². The third-order valence-corrected chi connectivity index (χ3v) is 5.82. The van der Waals surface area contributed by atoms with Crippen LogP contribution < -0.4 is 5.63 Å². The van der Waals surface area contributed by atoms with E-state index in [-0.39, 0.29) is 23.6 Å². The average Bonchev–Trinajstić information content (AvgIpc) is 3.02. The van der Waals surface area contributed by atoms with Gasteiger partial charge in [-0.2, -0.15) is 0 Å². The second kappa shape index (κ2) is 8.42. The van der Waals surface area contributed by atoms with E-state index in [0.717, 1.165) is 24.0 Å². The lowest BCUT2D eigenvalue weighted by Crippen LogP contribution is -2.30. The number of aryl methyl sites for hydroxylation is 2. The van der Waals surface area contributed by atoms with Gasteiger partial charge in [0.15, 0.2) is 0 Å². The highest BCUT2D eigenvalue weighted by Crippen LogP contribution is 2.26. The van der Waals surface area contributed by atoms with E-state index in [1.165, 1.54) is 29.2 Å². The van der Waals surface area contributed by atoms with Crippen molar-refractivity contribution in [3.63, 3.8) is 0 Å². The molecule has 0 atom stereocenters. The quantitative estimate of drug-likeness (QED) is 0.329. The SMILES string of the molecule is CCCCN1C(=O)c2ccc(C(=O)OCc3cc(=O)oc4c(C)c(C)ccc34)cc2C1=O. The Morgan fingerprint density at radius 1 is 1.00 bits per heavy atom. The molecule has 0 bridgehead atoms. The maximum Gasteiger partial charge on any atom is 0.338 e. The van der Waals surface area contributed by atoms with Crippen molar-refractivity contribution in [1.29, 1.82) is 0 Å². The number of benzene rings is 2. The van der Waals surface area contributed by atoms with E-state index < -0.39 is 17.5 Å². The van der Waals surface area contributed by atoms with E-state index in [1.54, 1.807) is 0 Å². The molecule has 0 saturated carbocycles. The Balaban J connectivity index is 1.56. The average molecular weight is 433 g/mol. The van der Waals surface area contributed by atoms with Gasteiger partial charge in [0.2, 0.25) is 0 Å². The van der Waals surface area contributed by atoms with Gasteiger partial charge in [-0.25, -0.2) is 9.59 Å². The maximum absolute atomic E-state index is 12.7. The van der Waals surface area contributed by atoms with Gasteiger partial charge in [0.1, 0.15) is 12.2 Å². The lowest BCUT2D eigenvalue weighted by Gasteiger charge is -2.12. The maximum atomic E-state index is 12.7. The molecule has 7 heteroatoms. The molecule has 2 aromatic carbocycles. The number of carbonyl (C=O) groups is 3. The normalized spacial score (nSPS) is 13.0. The third kappa shape index (κ3) is 3.70. The Kier molecular flexibility index (Phi) is 5.65. The van der Waals surface area contributed by atoms with Crippen LogP contribution in [0.15, 0.2) is 45.6 Å². The van der Waals surface area contributed by atoms with Crippen molar-refractivity contribution in [3.8, 4) is 0 Å². The second-order valence-corrected chi connectivity index (χ2v) is 7.93. The summed E-state index contributed by atoms with van der Waals surface area (Å²) >= 11 is 0. The summed E-state index contributed by atoms with van der Waals surface area (Å²) in [4.78, 5) is 51.0. The zero-order valence-corrected chi connectivity index (χ0v) is 18.2. The van der Waals surface area contributed by atoms with E-state index in [9.17, 15) is 19.2 Å². The van der Waals surface area contributed by atoms with Crippen molar-refractivity contribution in [2.75, 3.05) is 6.54 Å². The highest BCUT2D eigenvalue weighted by atomic mass is 16.5. The van der Waals surface area contributed by atoms with Crippen LogP contribution in [0, 0.1) is 13.8 Å². The predicted octanol–water partition coefficient (Wildman–Crippen LogP) is 4.16. The van der Waals surface area contributed by atoms with Gasteiger partial charge >= 0.3 is 11.6 Å². The van der Waals surface area contributed by atoms with Crippen molar-refractivity contribution in [2.24, 2.45) is 0 Å². The van der Waals surface area contributed by atoms with E-state index in [2.05, 4.69) is 0 Å². The van der Waals surface area contributed by atoms with Crippen LogP contribution in [-0.4, -0.2) is 29.2 Å². The lowest BCUT2D eigenvalue weighted by molar-refractivity contribution is 0.0473. The Morgan fingerprint density at radius 3 is 2.50 bits per heavy atom. The third-order valence-electron chi connectivity index (χ3n) is 5.82. The van der Waals surface area contributed by atoms with Crippen molar-refractivity contribution in [1.82, 2.24) is 4.90 Å². The van der Waals surface area contributed by atoms with Crippen molar-refractivity contribution in [2.45, 2.75) is 40.2 Å². The van der Waals surface area contributed by atoms with Crippen LogP contribution in [0.1, 0.15) is 67.5 Å². The molecule has 0 radical (unpaired) electrons. The number of nitrogens with zero attached hydrogens (tertiary/aromatic N) is 1. The van der Waals surface area contributed by atoms with Crippen LogP contribution in [0.3, 0.4) is 0 Å². The second-order valence-electron chi connectivity index (χ2n) is 7.93. The molecule has 7 nitrogen and oxygen atoms in total. The number of imide groups is 1. The van der Waals surface area contributed by atoms with Gasteiger partial charge in [-0.1, -0.05) is 25.5 Å². The van der Waals surface area contributed by atoms with Crippen LogP contribution in [0.4, 0.5) is 0 Å². The Morgan fingerprint density at radius 2 is 1.75 bits per heavy atom. The van der Waals surface area contributed by atoms with Gasteiger partial charge in [-0.15, -0.1) is 0 Å². The van der Waals surface area contributed by atoms with Gasteiger partial charge in [0.05, 0.1) is 16.7 Å². The smallest absolute Gasteiger partial charge is 0.338 e. The molecule has 1 aromatic heterocycles. The fraction of sp³-hybridized carbons (Fsp3) is 0.280. The zero-order valence-electron chi connectivity index (χ0n) is 18.2. The first-order chi connectivity index (χ1) is 15.3. The standard InChI is InChI=1S/C25H23NO6/c1-4-5-10-26-23(28)19-9-7-16(11-20(19)24(26)29)25(30)31-13-17-12-21(27)32-22-15(3)14(2)6-8-18(17)22/h6-9,11-12H,4-5,10,13H2,1-3H3. The molecule has 0 spiro atoms. The first-order valence-corrected chi connectivity index (χ1v) is 10.5. The highest BCUT2D eigenvalue weighted by molar-refractivity contribution is 6.21. The number of amides is 2. The van der Waals surface area contributed by atoms with Crippen molar-refractivity contribution >= 4 is 28.8 Å². The molecule has 0 unspecified atom stereocenters. The molecule has 2 amide bonds. The van der Waals surface area contributed by atoms with E-state index >= 15 is 0 Å². The molecule has 0 aliphatic carbocycles. The van der Waals surface area contributed by atoms with Crippen molar-refractivity contribution < 1.29 is 23.5 Å². The monoisotopic (exact) mass is 433 g/mol. The Bertz CT molecular complexity index is 1320. The van der Waals surface area contributed by atoms with Crippen LogP contribution >= 0.6 is 0 Å². The molecule has 0 N–H and O–H groups in total. The minimum Gasteiger partial charge on any atom is -0.457 e. The summed E-state index contributed by atoms with van der Waals surface area (Å²) in [6.45, 7) is 5.99. The summed E-state index contributed by atoms with van der Waals surface area (Å²) in [5, 5.41) is 0.696. The molecule has 4 rings (SSSR count). The molecule has 0 saturated heterocycles. The van der Waals surface area contributed by atoms with Gasteiger partial charge in [-0.05, 0) is 49.6 Å². The van der Waals surface area contributed by atoms with E-state index in [1.807, 2.05) is 32.9 Å². The largest absolute Gasteiger partial charge is 0.457 e. The zero-order chi connectivity index (χ0) is 23.0. The Hall–Kier alpha value is -3.74. The predicted molar refractivity (Wildman–Crippen MR) is 118 cm³/mol. The number of rotatable bonds is 6. The van der Waals surface area contributed by atoms with Gasteiger partial charge in [0, 0.05) is 23.6 Å². The summed E-state index contributed by atoms with van der Waals surface area (Å²) in [6, 6.07) is 9.40. The fourth-order valence-electron chi connectivity index (χ4n) is 3.81. The number of carbonyl (C=O) groups excluding carboxylic acids is 3. The number of unbranched alkanes of at least 4 members (excludes halogenated alkanes) is 1. The van der Waals surface area contributed by atoms with Crippen LogP contribution in [0.5, 0.6) is 0 Å². The van der Waals surface area contributed by atoms with Gasteiger partial charge < -0.3 is 9.15 Å². The summed E-state index contributed by atoms with van der Waals surface area (Å²) in [7, 11) is 0. The summed E-state index contributed by atoms with van der Waals surface area (Å²) in [6.07, 6.45) is 1.58. The molecule has 0 fully saturated rings. The number of ether oxygens (including phenoxy) is 1. The molecular formula is C25H23NO6. The van der Waals surface area contributed by atoms with Crippen LogP contribution in [0.2, 0.25) is 0 Å². The van der Waals surface area contributed by atoms with E-state index in [0.29, 0.717) is 28.6 Å².